The third kappa shape index (κ3) is 1.19. The first-order valence-electron chi connectivity index (χ1n) is 7.95. The highest BCUT2D eigenvalue weighted by atomic mass is 16.5. The van der Waals surface area contributed by atoms with Crippen molar-refractivity contribution in [2.24, 2.45) is 46.3 Å². The Hall–Kier alpha value is -1.58. The lowest BCUT2D eigenvalue weighted by atomic mass is 9.68. The normalized spacial score (nSPS) is 52.9. The highest BCUT2D eigenvalue weighted by Gasteiger charge is 2.75. The van der Waals surface area contributed by atoms with Gasteiger partial charge in [0.15, 0.2) is 0 Å². The van der Waals surface area contributed by atoms with Crippen molar-refractivity contribution in [2.75, 3.05) is 14.2 Å². The molecule has 0 heterocycles. The van der Waals surface area contributed by atoms with Crippen LogP contribution >= 0.6 is 0 Å². The Morgan fingerprint density at radius 1 is 0.727 bits per heavy atom. The minimum Gasteiger partial charge on any atom is -0.469 e. The standard InChI is InChI=1S/C18H22O4/c1-17(15(19)21-3)9-5-7-11-13(9)14-10(17)6-8-12(14)18(11,2)16(20)22-4/h5-14H,1-4H3/t9-,10-,11-,12+,13?,14?,17?,18?/m0/s1. The monoisotopic (exact) mass is 302 g/mol. The molecule has 2 fully saturated rings. The van der Waals surface area contributed by atoms with E-state index in [1.165, 1.54) is 14.2 Å². The van der Waals surface area contributed by atoms with Gasteiger partial charge in [-0.15, -0.1) is 0 Å². The fourth-order valence-electron chi connectivity index (χ4n) is 6.22. The molecule has 4 heteroatoms. The zero-order chi connectivity index (χ0) is 15.9. The maximum Gasteiger partial charge on any atom is 0.312 e. The van der Waals surface area contributed by atoms with E-state index in [0.717, 1.165) is 0 Å². The van der Waals surface area contributed by atoms with Crippen LogP contribution in [-0.4, -0.2) is 26.2 Å². The largest absolute Gasteiger partial charge is 0.469 e. The Kier molecular flexibility index (Phi) is 2.57. The molecule has 4 rings (SSSR count). The average Bonchev–Trinajstić information content (AvgIpc) is 3.22. The summed E-state index contributed by atoms with van der Waals surface area (Å²) in [5, 5.41) is 0. The van der Waals surface area contributed by atoms with E-state index in [1.807, 2.05) is 13.8 Å². The maximum atomic E-state index is 12.5. The van der Waals surface area contributed by atoms with Crippen molar-refractivity contribution in [3.63, 3.8) is 0 Å². The van der Waals surface area contributed by atoms with Gasteiger partial charge in [0.1, 0.15) is 0 Å². The Morgan fingerprint density at radius 2 is 1.00 bits per heavy atom. The molecule has 0 bridgehead atoms. The van der Waals surface area contributed by atoms with Crippen molar-refractivity contribution in [3.8, 4) is 0 Å². The van der Waals surface area contributed by atoms with E-state index in [4.69, 9.17) is 9.47 Å². The number of ether oxygens (including phenoxy) is 2. The van der Waals surface area contributed by atoms with Gasteiger partial charge in [-0.1, -0.05) is 24.3 Å². The molecule has 0 radical (unpaired) electrons. The summed E-state index contributed by atoms with van der Waals surface area (Å²) in [6.07, 6.45) is 8.59. The molecular weight excluding hydrogens is 280 g/mol. The van der Waals surface area contributed by atoms with Gasteiger partial charge in [-0.25, -0.2) is 0 Å². The van der Waals surface area contributed by atoms with Crippen molar-refractivity contribution in [3.05, 3.63) is 24.3 Å². The molecule has 4 nitrogen and oxygen atoms in total. The van der Waals surface area contributed by atoms with Crippen LogP contribution in [0.5, 0.6) is 0 Å². The topological polar surface area (TPSA) is 52.6 Å². The van der Waals surface area contributed by atoms with Gasteiger partial charge in [-0.2, -0.15) is 0 Å². The van der Waals surface area contributed by atoms with Gasteiger partial charge in [0.05, 0.1) is 25.0 Å². The quantitative estimate of drug-likeness (QED) is 0.580. The number of carbonyl (C=O) groups is 2. The minimum absolute atomic E-state index is 0.132. The second-order valence-electron chi connectivity index (χ2n) is 7.58. The molecular formula is C18H22O4. The van der Waals surface area contributed by atoms with Gasteiger partial charge >= 0.3 is 11.9 Å². The van der Waals surface area contributed by atoms with Crippen molar-refractivity contribution < 1.29 is 19.1 Å². The van der Waals surface area contributed by atoms with Crippen molar-refractivity contribution in [2.45, 2.75) is 13.8 Å². The molecule has 0 amide bonds. The molecule has 0 aromatic heterocycles. The lowest BCUT2D eigenvalue weighted by Crippen LogP contribution is -2.42. The molecule has 4 unspecified atom stereocenters. The van der Waals surface area contributed by atoms with Gasteiger partial charge in [0, 0.05) is 0 Å². The number of rotatable bonds is 2. The number of carbonyl (C=O) groups excluding carboxylic acids is 2. The second-order valence-corrected chi connectivity index (χ2v) is 7.58. The molecule has 118 valence electrons. The Bertz CT molecular complexity index is 535. The maximum absolute atomic E-state index is 12.5. The molecule has 4 aliphatic carbocycles. The zero-order valence-corrected chi connectivity index (χ0v) is 13.4. The van der Waals surface area contributed by atoms with Crippen LogP contribution in [0.4, 0.5) is 0 Å². The van der Waals surface area contributed by atoms with E-state index in [9.17, 15) is 9.59 Å². The molecule has 0 aromatic rings. The van der Waals surface area contributed by atoms with E-state index in [0.29, 0.717) is 11.8 Å². The van der Waals surface area contributed by atoms with Crippen LogP contribution in [-0.2, 0) is 19.1 Å². The van der Waals surface area contributed by atoms with Crippen LogP contribution in [0.25, 0.3) is 0 Å². The predicted octanol–water partition coefficient (Wildman–Crippen LogP) is 2.21. The Morgan fingerprint density at radius 3 is 1.23 bits per heavy atom. The summed E-state index contributed by atoms with van der Waals surface area (Å²) in [5.41, 5.74) is -1.03. The highest BCUT2D eigenvalue weighted by Crippen LogP contribution is 2.74. The number of allylic oxidation sites excluding steroid dienone is 4. The predicted molar refractivity (Wildman–Crippen MR) is 79.5 cm³/mol. The van der Waals surface area contributed by atoms with E-state index < -0.39 is 10.8 Å². The van der Waals surface area contributed by atoms with Crippen molar-refractivity contribution in [1.82, 2.24) is 0 Å². The van der Waals surface area contributed by atoms with Gasteiger partial charge in [-0.05, 0) is 49.4 Å². The van der Waals surface area contributed by atoms with Gasteiger partial charge < -0.3 is 9.47 Å². The lowest BCUT2D eigenvalue weighted by Gasteiger charge is -2.35. The first kappa shape index (κ1) is 14.0. The van der Waals surface area contributed by atoms with E-state index in [2.05, 4.69) is 24.3 Å². The van der Waals surface area contributed by atoms with Crippen LogP contribution in [0.15, 0.2) is 24.3 Å². The number of esters is 2. The SMILES string of the molecule is COC(=O)C1(C)[C@@H]2C=C[C@H]3C2C2[C@@H]1C=C[C@@H]2C3(C)C(=O)OC. The molecule has 0 N–H and O–H groups in total. The molecule has 2 saturated carbocycles. The Balaban J connectivity index is 1.84. The van der Waals surface area contributed by atoms with Crippen LogP contribution in [0.3, 0.4) is 0 Å². The number of hydrogen-bond donors (Lipinski definition) is 0. The third-order valence-corrected chi connectivity index (χ3v) is 7.17. The summed E-state index contributed by atoms with van der Waals surface area (Å²) in [7, 11) is 2.93. The molecule has 0 aliphatic heterocycles. The Labute approximate surface area is 130 Å². The fraction of sp³-hybridized carbons (Fsp3) is 0.667. The summed E-state index contributed by atoms with van der Waals surface area (Å²) in [4.78, 5) is 25.0. The lowest BCUT2D eigenvalue weighted by molar-refractivity contribution is -0.157. The first-order valence-corrected chi connectivity index (χ1v) is 7.95. The van der Waals surface area contributed by atoms with Crippen molar-refractivity contribution in [1.29, 1.82) is 0 Å². The molecule has 22 heavy (non-hydrogen) atoms. The number of methoxy groups -OCH3 is 2. The molecule has 0 saturated heterocycles. The van der Waals surface area contributed by atoms with E-state index >= 15 is 0 Å². The van der Waals surface area contributed by atoms with Gasteiger partial charge in [0.2, 0.25) is 0 Å². The second kappa shape index (κ2) is 4.03. The average molecular weight is 302 g/mol. The third-order valence-electron chi connectivity index (χ3n) is 7.17. The van der Waals surface area contributed by atoms with Gasteiger partial charge in [0.25, 0.3) is 0 Å². The first-order chi connectivity index (χ1) is 10.4. The summed E-state index contributed by atoms with van der Waals surface area (Å²) in [6, 6.07) is 0. The molecule has 0 aromatic carbocycles. The van der Waals surface area contributed by atoms with Gasteiger partial charge in [-0.3, -0.25) is 9.59 Å². The summed E-state index contributed by atoms with van der Waals surface area (Å²) in [5.74, 6) is 1.01. The van der Waals surface area contributed by atoms with Crippen molar-refractivity contribution >= 4 is 11.9 Å². The minimum atomic E-state index is -0.516. The molecule has 8 atom stereocenters. The fourth-order valence-corrected chi connectivity index (χ4v) is 6.22. The van der Waals surface area contributed by atoms with Crippen LogP contribution < -0.4 is 0 Å². The zero-order valence-electron chi connectivity index (χ0n) is 13.4. The summed E-state index contributed by atoms with van der Waals surface area (Å²) >= 11 is 0. The summed E-state index contributed by atoms with van der Waals surface area (Å²) in [6.45, 7) is 4.06. The highest BCUT2D eigenvalue weighted by molar-refractivity contribution is 5.82. The summed E-state index contributed by atoms with van der Waals surface area (Å²) < 4.78 is 10.3. The van der Waals surface area contributed by atoms with Crippen LogP contribution in [0.1, 0.15) is 13.8 Å². The molecule has 0 spiro atoms. The van der Waals surface area contributed by atoms with E-state index in [1.54, 1.807) is 0 Å². The number of hydrogen-bond acceptors (Lipinski definition) is 4. The smallest absolute Gasteiger partial charge is 0.312 e. The van der Waals surface area contributed by atoms with Crippen LogP contribution in [0, 0.1) is 46.3 Å². The van der Waals surface area contributed by atoms with Crippen LogP contribution in [0.2, 0.25) is 0 Å². The molecule has 4 aliphatic rings. The van der Waals surface area contributed by atoms with E-state index in [-0.39, 0.29) is 35.6 Å².